The molecule has 1 fully saturated rings. The average molecular weight is 286 g/mol. The summed E-state index contributed by atoms with van der Waals surface area (Å²) in [5.41, 5.74) is 0. The Kier molecular flexibility index (Phi) is 5.18. The molecule has 2 heterocycles. The second kappa shape index (κ2) is 6.88. The molecule has 1 saturated heterocycles. The Morgan fingerprint density at radius 1 is 1.37 bits per heavy atom. The lowest BCUT2D eigenvalue weighted by atomic mass is 10.3. The van der Waals surface area contributed by atoms with E-state index in [0.717, 1.165) is 39.3 Å². The summed E-state index contributed by atoms with van der Waals surface area (Å²) in [6, 6.07) is 0.325. The number of likely N-dealkylation sites (N-methyl/N-ethyl adjacent to an activating group) is 1. The molecule has 0 atom stereocenters. The first-order valence-corrected chi connectivity index (χ1v) is 6.78. The normalized spacial score (nSPS) is 17.4. The predicted octanol–water partition coefficient (Wildman–Crippen LogP) is 0.798. The van der Waals surface area contributed by atoms with Crippen molar-refractivity contribution in [3.63, 3.8) is 0 Å². The molecule has 6 nitrogen and oxygen atoms in total. The molecule has 0 bridgehead atoms. The molecule has 1 aromatic rings. The standard InChI is InChI=1S/C12H20ClN5O/c1-17-5-7-18(8-6-17)4-3-14-11-10(13)9-15-12(16-11)19-2/h9H,3-8H2,1-2H3,(H,14,15,16). The van der Waals surface area contributed by atoms with E-state index in [9.17, 15) is 0 Å². The van der Waals surface area contributed by atoms with E-state index in [1.165, 1.54) is 7.11 Å². The maximum Gasteiger partial charge on any atom is 0.318 e. The molecular formula is C12H20ClN5O. The van der Waals surface area contributed by atoms with E-state index in [1.54, 1.807) is 6.20 Å². The molecule has 2 rings (SSSR count). The van der Waals surface area contributed by atoms with Crippen molar-refractivity contribution in [2.45, 2.75) is 0 Å². The first kappa shape index (κ1) is 14.3. The first-order chi connectivity index (χ1) is 9.19. The SMILES string of the molecule is COc1ncc(Cl)c(NCCN2CCN(C)CC2)n1. The summed E-state index contributed by atoms with van der Waals surface area (Å²) in [4.78, 5) is 12.9. The number of rotatable bonds is 5. The van der Waals surface area contributed by atoms with Gasteiger partial charge in [0.2, 0.25) is 0 Å². The summed E-state index contributed by atoms with van der Waals surface area (Å²) in [5, 5.41) is 3.74. The third-order valence-corrected chi connectivity index (χ3v) is 3.50. The number of hydrogen-bond acceptors (Lipinski definition) is 6. The van der Waals surface area contributed by atoms with E-state index in [-0.39, 0.29) is 0 Å². The Balaban J connectivity index is 1.79. The fraction of sp³-hybridized carbons (Fsp3) is 0.667. The third-order valence-electron chi connectivity index (χ3n) is 3.22. The third kappa shape index (κ3) is 4.19. The Morgan fingerprint density at radius 3 is 2.79 bits per heavy atom. The van der Waals surface area contributed by atoms with Gasteiger partial charge < -0.3 is 15.0 Å². The number of hydrogen-bond donors (Lipinski definition) is 1. The van der Waals surface area contributed by atoms with E-state index in [1.807, 2.05) is 0 Å². The molecule has 0 aliphatic carbocycles. The number of nitrogens with zero attached hydrogens (tertiary/aromatic N) is 4. The van der Waals surface area contributed by atoms with Crippen LogP contribution in [-0.4, -0.2) is 73.2 Å². The Hall–Kier alpha value is -1.11. The fourth-order valence-corrected chi connectivity index (χ4v) is 2.14. The van der Waals surface area contributed by atoms with Crippen LogP contribution in [0.4, 0.5) is 5.82 Å². The van der Waals surface area contributed by atoms with Crippen LogP contribution in [0, 0.1) is 0 Å². The molecule has 0 unspecified atom stereocenters. The van der Waals surface area contributed by atoms with Crippen molar-refractivity contribution >= 4 is 17.4 Å². The second-order valence-corrected chi connectivity index (χ2v) is 5.03. The van der Waals surface area contributed by atoms with Crippen LogP contribution in [0.1, 0.15) is 0 Å². The van der Waals surface area contributed by atoms with Crippen molar-refractivity contribution in [1.82, 2.24) is 19.8 Å². The fourth-order valence-electron chi connectivity index (χ4n) is 1.98. The molecule has 1 N–H and O–H groups in total. The number of anilines is 1. The number of methoxy groups -OCH3 is 1. The molecular weight excluding hydrogens is 266 g/mol. The minimum Gasteiger partial charge on any atom is -0.467 e. The molecule has 0 radical (unpaired) electrons. The molecule has 0 aromatic carbocycles. The lowest BCUT2D eigenvalue weighted by Crippen LogP contribution is -2.45. The van der Waals surface area contributed by atoms with Gasteiger partial charge in [0.05, 0.1) is 13.3 Å². The molecule has 0 amide bonds. The van der Waals surface area contributed by atoms with Crippen LogP contribution in [0.2, 0.25) is 5.02 Å². The molecule has 0 spiro atoms. The molecule has 1 aliphatic heterocycles. The monoisotopic (exact) mass is 285 g/mol. The summed E-state index contributed by atoms with van der Waals surface area (Å²) < 4.78 is 4.98. The maximum absolute atomic E-state index is 6.03. The topological polar surface area (TPSA) is 53.5 Å². The van der Waals surface area contributed by atoms with Gasteiger partial charge >= 0.3 is 6.01 Å². The Morgan fingerprint density at radius 2 is 2.11 bits per heavy atom. The summed E-state index contributed by atoms with van der Waals surface area (Å²) in [5.74, 6) is 0.627. The lowest BCUT2D eigenvalue weighted by molar-refractivity contribution is 0.158. The molecule has 0 saturated carbocycles. The zero-order valence-corrected chi connectivity index (χ0v) is 12.2. The molecule has 1 aliphatic rings. The van der Waals surface area contributed by atoms with Gasteiger partial charge in [0, 0.05) is 39.3 Å². The Bertz CT molecular complexity index is 409. The quantitative estimate of drug-likeness (QED) is 0.864. The van der Waals surface area contributed by atoms with Gasteiger partial charge in [0.15, 0.2) is 5.82 Å². The number of halogens is 1. The van der Waals surface area contributed by atoms with Crippen LogP contribution in [-0.2, 0) is 0 Å². The van der Waals surface area contributed by atoms with Gasteiger partial charge in [-0.05, 0) is 7.05 Å². The van der Waals surface area contributed by atoms with E-state index >= 15 is 0 Å². The number of piperazine rings is 1. The molecule has 7 heteroatoms. The number of aromatic nitrogens is 2. The van der Waals surface area contributed by atoms with Crippen molar-refractivity contribution in [2.24, 2.45) is 0 Å². The van der Waals surface area contributed by atoms with Crippen LogP contribution in [0.5, 0.6) is 6.01 Å². The van der Waals surface area contributed by atoms with E-state index < -0.39 is 0 Å². The van der Waals surface area contributed by atoms with Crippen molar-refractivity contribution in [2.75, 3.05) is 58.7 Å². The molecule has 106 valence electrons. The van der Waals surface area contributed by atoms with Gasteiger partial charge in [-0.25, -0.2) is 4.98 Å². The van der Waals surface area contributed by atoms with Crippen molar-refractivity contribution in [1.29, 1.82) is 0 Å². The van der Waals surface area contributed by atoms with Crippen LogP contribution < -0.4 is 10.1 Å². The van der Waals surface area contributed by atoms with Crippen LogP contribution in [0.25, 0.3) is 0 Å². The first-order valence-electron chi connectivity index (χ1n) is 6.40. The van der Waals surface area contributed by atoms with Gasteiger partial charge in [0.25, 0.3) is 0 Å². The minimum atomic E-state index is 0.325. The van der Waals surface area contributed by atoms with Crippen LogP contribution in [0.15, 0.2) is 6.20 Å². The summed E-state index contributed by atoms with van der Waals surface area (Å²) >= 11 is 6.03. The largest absolute Gasteiger partial charge is 0.467 e. The highest BCUT2D eigenvalue weighted by Gasteiger charge is 2.13. The molecule has 19 heavy (non-hydrogen) atoms. The van der Waals surface area contributed by atoms with Gasteiger partial charge in [-0.3, -0.25) is 4.90 Å². The summed E-state index contributed by atoms with van der Waals surface area (Å²) in [6.07, 6.45) is 1.55. The van der Waals surface area contributed by atoms with Gasteiger partial charge in [-0.2, -0.15) is 4.98 Å². The highest BCUT2D eigenvalue weighted by atomic mass is 35.5. The van der Waals surface area contributed by atoms with E-state index in [2.05, 4.69) is 32.1 Å². The predicted molar refractivity (Wildman–Crippen MR) is 76.0 cm³/mol. The second-order valence-electron chi connectivity index (χ2n) is 4.62. The van der Waals surface area contributed by atoms with E-state index in [0.29, 0.717) is 16.9 Å². The van der Waals surface area contributed by atoms with Crippen LogP contribution >= 0.6 is 11.6 Å². The van der Waals surface area contributed by atoms with Gasteiger partial charge in [-0.1, -0.05) is 11.6 Å². The lowest BCUT2D eigenvalue weighted by Gasteiger charge is -2.32. The smallest absolute Gasteiger partial charge is 0.318 e. The zero-order chi connectivity index (χ0) is 13.7. The van der Waals surface area contributed by atoms with E-state index in [4.69, 9.17) is 16.3 Å². The number of ether oxygens (including phenoxy) is 1. The van der Waals surface area contributed by atoms with Crippen molar-refractivity contribution in [3.05, 3.63) is 11.2 Å². The van der Waals surface area contributed by atoms with Crippen molar-refractivity contribution < 1.29 is 4.74 Å². The van der Waals surface area contributed by atoms with Gasteiger partial charge in [-0.15, -0.1) is 0 Å². The zero-order valence-electron chi connectivity index (χ0n) is 11.4. The molecule has 1 aromatic heterocycles. The summed E-state index contributed by atoms with van der Waals surface area (Å²) in [6.45, 7) is 6.27. The maximum atomic E-state index is 6.03. The number of nitrogens with one attached hydrogen (secondary N) is 1. The minimum absolute atomic E-state index is 0.325. The van der Waals surface area contributed by atoms with Gasteiger partial charge in [0.1, 0.15) is 5.02 Å². The van der Waals surface area contributed by atoms with Crippen LogP contribution in [0.3, 0.4) is 0 Å². The highest BCUT2D eigenvalue weighted by Crippen LogP contribution is 2.19. The summed E-state index contributed by atoms with van der Waals surface area (Å²) in [7, 11) is 3.69. The highest BCUT2D eigenvalue weighted by molar-refractivity contribution is 6.32. The average Bonchev–Trinajstić information content (AvgIpc) is 2.43. The Labute approximate surface area is 118 Å². The van der Waals surface area contributed by atoms with Crippen molar-refractivity contribution in [3.8, 4) is 6.01 Å².